The summed E-state index contributed by atoms with van der Waals surface area (Å²) in [6.07, 6.45) is 6.32. The Kier molecular flexibility index (Phi) is 4.21. The van der Waals surface area contributed by atoms with Gasteiger partial charge in [-0.15, -0.1) is 0 Å². The van der Waals surface area contributed by atoms with Crippen LogP contribution in [0.25, 0.3) is 0 Å². The van der Waals surface area contributed by atoms with Gasteiger partial charge in [-0.25, -0.2) is 0 Å². The summed E-state index contributed by atoms with van der Waals surface area (Å²) in [5, 5.41) is 39.5. The number of rotatable bonds is 4. The highest BCUT2D eigenvalue weighted by atomic mass is 16.4. The van der Waals surface area contributed by atoms with Crippen molar-refractivity contribution in [1.82, 2.24) is 4.90 Å². The van der Waals surface area contributed by atoms with Gasteiger partial charge in [-0.2, -0.15) is 0 Å². The minimum absolute atomic E-state index is 0.175. The minimum Gasteiger partial charge on any atom is -0.395 e. The Morgan fingerprint density at radius 3 is 1.96 bits per heavy atom. The second-order valence-electron chi connectivity index (χ2n) is 8.96. The fraction of sp³-hybridized carbons (Fsp3) is 1.00. The van der Waals surface area contributed by atoms with Gasteiger partial charge < -0.3 is 20.4 Å². The molecule has 5 aliphatic rings. The molecule has 0 aromatic heterocycles. The van der Waals surface area contributed by atoms with Crippen LogP contribution >= 0.6 is 0 Å². The van der Waals surface area contributed by atoms with Crippen LogP contribution in [0, 0.1) is 23.2 Å². The van der Waals surface area contributed by atoms with Crippen LogP contribution in [0.3, 0.4) is 0 Å². The Bertz CT molecular complexity index is 407. The first-order valence-electron chi connectivity index (χ1n) is 9.39. The van der Waals surface area contributed by atoms with Gasteiger partial charge in [-0.3, -0.25) is 4.90 Å². The summed E-state index contributed by atoms with van der Waals surface area (Å²) in [4.78, 5) is 2.00. The van der Waals surface area contributed by atoms with Crippen molar-refractivity contribution >= 4 is 0 Å². The van der Waals surface area contributed by atoms with Crippen LogP contribution in [0.5, 0.6) is 0 Å². The second kappa shape index (κ2) is 5.95. The van der Waals surface area contributed by atoms with Gasteiger partial charge in [0.2, 0.25) is 0 Å². The van der Waals surface area contributed by atoms with E-state index in [2.05, 4.69) is 0 Å². The summed E-state index contributed by atoms with van der Waals surface area (Å²) < 4.78 is 0. The average Bonchev–Trinajstić information content (AvgIpc) is 2.49. The van der Waals surface area contributed by atoms with Crippen molar-refractivity contribution in [2.45, 2.75) is 69.3 Å². The summed E-state index contributed by atoms with van der Waals surface area (Å²) in [5.74, 6) is 2.78. The maximum absolute atomic E-state index is 10.1. The number of likely N-dealkylation sites (tertiary alicyclic amines) is 1. The number of hydrogen-bond donors (Lipinski definition) is 4. The molecule has 0 spiro atoms. The quantitative estimate of drug-likeness (QED) is 0.599. The fourth-order valence-electron chi connectivity index (χ4n) is 6.61. The van der Waals surface area contributed by atoms with E-state index < -0.39 is 24.4 Å². The molecule has 5 heteroatoms. The van der Waals surface area contributed by atoms with Crippen LogP contribution in [0.1, 0.15) is 44.9 Å². The Balaban J connectivity index is 1.42. The molecule has 1 aliphatic heterocycles. The molecular formula is C18H31NO4. The molecule has 4 saturated carbocycles. The van der Waals surface area contributed by atoms with Crippen molar-refractivity contribution in [2.75, 3.05) is 19.7 Å². The van der Waals surface area contributed by atoms with E-state index in [0.29, 0.717) is 12.0 Å². The predicted octanol–water partition coefficient (Wildman–Crippen LogP) is 0.352. The molecule has 4 atom stereocenters. The van der Waals surface area contributed by atoms with Gasteiger partial charge in [0.1, 0.15) is 12.2 Å². The Morgan fingerprint density at radius 1 is 0.870 bits per heavy atom. The third-order valence-corrected chi connectivity index (χ3v) is 7.31. The lowest BCUT2D eigenvalue weighted by Gasteiger charge is -2.57. The number of piperidine rings is 1. The molecule has 5 nitrogen and oxygen atoms in total. The van der Waals surface area contributed by atoms with Gasteiger partial charge in [0.25, 0.3) is 0 Å². The van der Waals surface area contributed by atoms with Crippen LogP contribution in [-0.4, -0.2) is 69.4 Å². The molecule has 0 radical (unpaired) electrons. The second-order valence-corrected chi connectivity index (χ2v) is 8.96. The van der Waals surface area contributed by atoms with E-state index in [9.17, 15) is 20.4 Å². The zero-order chi connectivity index (χ0) is 16.2. The zero-order valence-corrected chi connectivity index (χ0v) is 13.8. The van der Waals surface area contributed by atoms with Gasteiger partial charge in [0, 0.05) is 6.54 Å². The highest BCUT2D eigenvalue weighted by Crippen LogP contribution is 2.61. The molecule has 0 aromatic rings. The first-order valence-corrected chi connectivity index (χ1v) is 9.39. The van der Waals surface area contributed by atoms with Crippen LogP contribution in [0.15, 0.2) is 0 Å². The molecule has 23 heavy (non-hydrogen) atoms. The first kappa shape index (κ1) is 16.3. The van der Waals surface area contributed by atoms with Crippen molar-refractivity contribution in [3.05, 3.63) is 0 Å². The van der Waals surface area contributed by atoms with Crippen molar-refractivity contribution in [1.29, 1.82) is 0 Å². The zero-order valence-electron chi connectivity index (χ0n) is 13.8. The molecule has 1 heterocycles. The molecule has 5 rings (SSSR count). The maximum atomic E-state index is 10.1. The summed E-state index contributed by atoms with van der Waals surface area (Å²) in [6, 6.07) is -0.456. The highest BCUT2D eigenvalue weighted by Gasteiger charge is 2.51. The largest absolute Gasteiger partial charge is 0.395 e. The summed E-state index contributed by atoms with van der Waals surface area (Å²) in [7, 11) is 0. The number of aliphatic hydroxyl groups is 4. The maximum Gasteiger partial charge on any atom is 0.109 e. The number of hydrogen-bond acceptors (Lipinski definition) is 5. The third-order valence-electron chi connectivity index (χ3n) is 7.31. The topological polar surface area (TPSA) is 84.2 Å². The monoisotopic (exact) mass is 325 g/mol. The highest BCUT2D eigenvalue weighted by molar-refractivity contribution is 5.02. The smallest absolute Gasteiger partial charge is 0.109 e. The van der Waals surface area contributed by atoms with Crippen molar-refractivity contribution in [2.24, 2.45) is 23.2 Å². The van der Waals surface area contributed by atoms with E-state index >= 15 is 0 Å². The Hall–Kier alpha value is -0.200. The van der Waals surface area contributed by atoms with Crippen molar-refractivity contribution < 1.29 is 20.4 Å². The summed E-state index contributed by atoms with van der Waals surface area (Å²) >= 11 is 0. The van der Waals surface area contributed by atoms with E-state index in [1.165, 1.54) is 38.5 Å². The van der Waals surface area contributed by atoms with E-state index in [1.54, 1.807) is 0 Å². The van der Waals surface area contributed by atoms with Gasteiger partial charge in [-0.05, 0) is 74.7 Å². The van der Waals surface area contributed by atoms with E-state index in [4.69, 9.17) is 0 Å². The lowest BCUT2D eigenvalue weighted by atomic mass is 9.49. The van der Waals surface area contributed by atoms with Crippen LogP contribution in [0.2, 0.25) is 0 Å². The molecule has 0 unspecified atom stereocenters. The SMILES string of the molecule is OC[C@H]1[C@@H](O)[C@H](O)[C@@H](O)CN1CCC12CC3CC(CC(C3)C1)C2. The van der Waals surface area contributed by atoms with E-state index in [1.807, 2.05) is 4.90 Å². The first-order chi connectivity index (χ1) is 11.0. The van der Waals surface area contributed by atoms with Gasteiger partial charge in [-0.1, -0.05) is 0 Å². The van der Waals surface area contributed by atoms with Gasteiger partial charge in [0.15, 0.2) is 0 Å². The number of β-amino-alcohol motifs (C(OH)–C–C–N with tert-alkyl or cyclic N) is 1. The Morgan fingerprint density at radius 2 is 1.43 bits per heavy atom. The molecule has 4 bridgehead atoms. The minimum atomic E-state index is -1.15. The lowest BCUT2D eigenvalue weighted by molar-refractivity contribution is -0.149. The van der Waals surface area contributed by atoms with Gasteiger partial charge >= 0.3 is 0 Å². The van der Waals surface area contributed by atoms with Crippen LogP contribution in [0.4, 0.5) is 0 Å². The molecular weight excluding hydrogens is 294 g/mol. The fourth-order valence-corrected chi connectivity index (χ4v) is 6.61. The molecule has 4 aliphatic carbocycles. The van der Waals surface area contributed by atoms with E-state index in [0.717, 1.165) is 30.7 Å². The molecule has 1 saturated heterocycles. The standard InChI is InChI=1S/C18H31NO4/c20-10-14-16(22)17(23)15(21)9-19(14)2-1-18-6-11-3-12(7-18)5-13(4-11)8-18/h11-17,20-23H,1-10H2/t11?,12?,13?,14-,15-,16+,17+,18?/m0/s1. The number of aliphatic hydroxyl groups excluding tert-OH is 4. The predicted molar refractivity (Wildman–Crippen MR) is 85.7 cm³/mol. The molecule has 4 N–H and O–H groups in total. The lowest BCUT2D eigenvalue weighted by Crippen LogP contribution is -2.63. The normalized spacial score (nSPS) is 53.0. The summed E-state index contributed by atoms with van der Waals surface area (Å²) in [6.45, 7) is 0.972. The van der Waals surface area contributed by atoms with Crippen LogP contribution < -0.4 is 0 Å². The van der Waals surface area contributed by atoms with Crippen molar-refractivity contribution in [3.63, 3.8) is 0 Å². The van der Waals surface area contributed by atoms with Crippen molar-refractivity contribution in [3.8, 4) is 0 Å². The average molecular weight is 325 g/mol. The molecule has 0 aromatic carbocycles. The number of nitrogens with zero attached hydrogens (tertiary/aromatic N) is 1. The molecule has 132 valence electrons. The third kappa shape index (κ3) is 2.85. The van der Waals surface area contributed by atoms with E-state index in [-0.39, 0.29) is 6.61 Å². The van der Waals surface area contributed by atoms with Gasteiger partial charge in [0.05, 0.1) is 18.8 Å². The molecule has 5 fully saturated rings. The Labute approximate surface area is 138 Å². The summed E-state index contributed by atoms with van der Waals surface area (Å²) in [5.41, 5.74) is 0.459. The molecule has 0 amide bonds. The van der Waals surface area contributed by atoms with Crippen LogP contribution in [-0.2, 0) is 0 Å².